The molecule has 0 unspecified atom stereocenters. The summed E-state index contributed by atoms with van der Waals surface area (Å²) < 4.78 is 16.5. The van der Waals surface area contributed by atoms with Crippen molar-refractivity contribution in [2.75, 3.05) is 26.6 Å². The number of hydrogen-bond acceptors (Lipinski definition) is 6. The Morgan fingerprint density at radius 1 is 1.03 bits per heavy atom. The summed E-state index contributed by atoms with van der Waals surface area (Å²) in [5.41, 5.74) is 4.52. The van der Waals surface area contributed by atoms with E-state index in [-0.39, 0.29) is 5.91 Å². The highest BCUT2D eigenvalue weighted by atomic mass is 32.1. The van der Waals surface area contributed by atoms with Gasteiger partial charge < -0.3 is 19.5 Å². The maximum absolute atomic E-state index is 13.5. The smallest absolute Gasteiger partial charge is 0.259 e. The summed E-state index contributed by atoms with van der Waals surface area (Å²) in [7, 11) is 4.75. The van der Waals surface area contributed by atoms with Crippen LogP contribution in [-0.2, 0) is 19.3 Å². The molecule has 0 spiro atoms. The Kier molecular flexibility index (Phi) is 7.53. The number of hydrogen-bond donors (Lipinski definition) is 1. The van der Waals surface area contributed by atoms with E-state index in [1.807, 2.05) is 36.4 Å². The maximum Gasteiger partial charge on any atom is 0.259 e. The molecule has 0 aliphatic heterocycles. The van der Waals surface area contributed by atoms with Crippen LogP contribution in [0.3, 0.4) is 0 Å². The molecule has 3 aromatic rings. The highest BCUT2D eigenvalue weighted by molar-refractivity contribution is 7.16. The second-order valence-electron chi connectivity index (χ2n) is 8.04. The fourth-order valence-corrected chi connectivity index (χ4v) is 5.60. The molecule has 1 N–H and O–H groups in total. The molecule has 1 aromatic heterocycles. The SMILES string of the molecule is CCc1ccccc1NC(=O)c1c(N=Cc2ccc(OC)c(OC)c2OC)sc2c1CCCC2. The fourth-order valence-electron chi connectivity index (χ4n) is 4.37. The normalized spacial score (nSPS) is 12.9. The number of anilines is 1. The highest BCUT2D eigenvalue weighted by Crippen LogP contribution is 2.42. The van der Waals surface area contributed by atoms with E-state index in [0.717, 1.165) is 59.5 Å². The minimum Gasteiger partial charge on any atom is -0.493 e. The molecule has 0 saturated heterocycles. The van der Waals surface area contributed by atoms with Gasteiger partial charge in [-0.25, -0.2) is 4.99 Å². The van der Waals surface area contributed by atoms with E-state index in [9.17, 15) is 4.79 Å². The second kappa shape index (κ2) is 10.7. The molecule has 0 fully saturated rings. The fraction of sp³-hybridized carbons (Fsp3) is 0.333. The van der Waals surface area contributed by atoms with Crippen molar-refractivity contribution in [3.05, 3.63) is 63.5 Å². The first-order valence-corrected chi connectivity index (χ1v) is 12.3. The number of nitrogens with zero attached hydrogens (tertiary/aromatic N) is 1. The first-order valence-electron chi connectivity index (χ1n) is 11.5. The van der Waals surface area contributed by atoms with E-state index in [1.165, 1.54) is 4.88 Å². The number of nitrogens with one attached hydrogen (secondary N) is 1. The van der Waals surface area contributed by atoms with Crippen LogP contribution in [0.4, 0.5) is 10.7 Å². The molecule has 34 heavy (non-hydrogen) atoms. The molecule has 0 radical (unpaired) electrons. The standard InChI is InChI=1S/C27H30N2O4S/c1-5-17-10-6-8-12-20(17)29-26(30)23-19-11-7-9-13-22(19)34-27(23)28-16-18-14-15-21(31-2)25(33-4)24(18)32-3/h6,8,10,12,14-16H,5,7,9,11,13H2,1-4H3,(H,29,30). The third-order valence-electron chi connectivity index (χ3n) is 6.08. The molecule has 1 aliphatic carbocycles. The Labute approximate surface area is 204 Å². The van der Waals surface area contributed by atoms with Crippen LogP contribution in [0.5, 0.6) is 17.2 Å². The van der Waals surface area contributed by atoms with Crippen LogP contribution in [-0.4, -0.2) is 33.5 Å². The molecule has 4 rings (SSSR count). The van der Waals surface area contributed by atoms with Crippen LogP contribution < -0.4 is 19.5 Å². The zero-order valence-corrected chi connectivity index (χ0v) is 20.9. The first-order chi connectivity index (χ1) is 16.6. The Bertz CT molecular complexity index is 1220. The largest absolute Gasteiger partial charge is 0.493 e. The Balaban J connectivity index is 1.73. The predicted octanol–water partition coefficient (Wildman–Crippen LogP) is 6.22. The second-order valence-corrected chi connectivity index (χ2v) is 9.12. The predicted molar refractivity (Wildman–Crippen MR) is 138 cm³/mol. The minimum absolute atomic E-state index is 0.105. The van der Waals surface area contributed by atoms with Gasteiger partial charge in [-0.15, -0.1) is 11.3 Å². The van der Waals surface area contributed by atoms with Crippen molar-refractivity contribution in [2.45, 2.75) is 39.0 Å². The van der Waals surface area contributed by atoms with Crippen molar-refractivity contribution >= 4 is 34.1 Å². The number of benzene rings is 2. The summed E-state index contributed by atoms with van der Waals surface area (Å²) in [6.45, 7) is 2.09. The Morgan fingerprint density at radius 3 is 2.53 bits per heavy atom. The lowest BCUT2D eigenvalue weighted by Crippen LogP contribution is -2.15. The van der Waals surface area contributed by atoms with Gasteiger partial charge in [-0.2, -0.15) is 0 Å². The van der Waals surface area contributed by atoms with Crippen molar-refractivity contribution in [2.24, 2.45) is 4.99 Å². The van der Waals surface area contributed by atoms with E-state index in [1.54, 1.807) is 38.9 Å². The number of carbonyl (C=O) groups excluding carboxylic acids is 1. The molecule has 1 amide bonds. The summed E-state index contributed by atoms with van der Waals surface area (Å²) in [6.07, 6.45) is 6.69. The molecular weight excluding hydrogens is 448 g/mol. The summed E-state index contributed by atoms with van der Waals surface area (Å²) in [5, 5.41) is 3.86. The van der Waals surface area contributed by atoms with E-state index in [0.29, 0.717) is 22.8 Å². The average Bonchev–Trinajstić information content (AvgIpc) is 3.25. The van der Waals surface area contributed by atoms with Crippen LogP contribution in [0.1, 0.15) is 51.7 Å². The van der Waals surface area contributed by atoms with Crippen LogP contribution in [0.2, 0.25) is 0 Å². The van der Waals surface area contributed by atoms with Crippen LogP contribution in [0.25, 0.3) is 0 Å². The number of thiophene rings is 1. The summed E-state index contributed by atoms with van der Waals surface area (Å²) in [4.78, 5) is 19.6. The van der Waals surface area contributed by atoms with Gasteiger partial charge >= 0.3 is 0 Å². The summed E-state index contributed by atoms with van der Waals surface area (Å²) in [6, 6.07) is 11.6. The van der Waals surface area contributed by atoms with Crippen molar-refractivity contribution in [1.29, 1.82) is 0 Å². The van der Waals surface area contributed by atoms with Gasteiger partial charge in [0.05, 0.1) is 26.9 Å². The van der Waals surface area contributed by atoms with Crippen molar-refractivity contribution in [3.63, 3.8) is 0 Å². The van der Waals surface area contributed by atoms with Gasteiger partial charge in [0.15, 0.2) is 11.5 Å². The number of aryl methyl sites for hydroxylation is 2. The number of methoxy groups -OCH3 is 3. The van der Waals surface area contributed by atoms with Gasteiger partial charge in [-0.3, -0.25) is 4.79 Å². The molecule has 6 nitrogen and oxygen atoms in total. The van der Waals surface area contributed by atoms with Gasteiger partial charge in [0.2, 0.25) is 5.75 Å². The number of aliphatic imine (C=N–C) groups is 1. The molecule has 7 heteroatoms. The lowest BCUT2D eigenvalue weighted by Gasteiger charge is -2.14. The monoisotopic (exact) mass is 478 g/mol. The van der Waals surface area contributed by atoms with Crippen molar-refractivity contribution in [1.82, 2.24) is 0 Å². The van der Waals surface area contributed by atoms with Crippen LogP contribution in [0, 0.1) is 0 Å². The number of amides is 1. The quantitative estimate of drug-likeness (QED) is 0.390. The molecule has 0 atom stereocenters. The van der Waals surface area contributed by atoms with E-state index in [4.69, 9.17) is 19.2 Å². The van der Waals surface area contributed by atoms with Crippen LogP contribution in [0.15, 0.2) is 41.4 Å². The first kappa shape index (κ1) is 23.8. The van der Waals surface area contributed by atoms with Gasteiger partial charge in [-0.1, -0.05) is 25.1 Å². The average molecular weight is 479 g/mol. The highest BCUT2D eigenvalue weighted by Gasteiger charge is 2.26. The topological polar surface area (TPSA) is 69.2 Å². The molecular formula is C27H30N2O4S. The molecule has 0 bridgehead atoms. The van der Waals surface area contributed by atoms with Gasteiger partial charge in [0.1, 0.15) is 5.00 Å². The number of ether oxygens (including phenoxy) is 3. The number of para-hydroxylation sites is 1. The number of fused-ring (bicyclic) bond motifs is 1. The van der Waals surface area contributed by atoms with Crippen molar-refractivity contribution < 1.29 is 19.0 Å². The number of rotatable bonds is 8. The number of carbonyl (C=O) groups is 1. The van der Waals surface area contributed by atoms with E-state index >= 15 is 0 Å². The summed E-state index contributed by atoms with van der Waals surface area (Å²) >= 11 is 1.61. The summed E-state index contributed by atoms with van der Waals surface area (Å²) in [5.74, 6) is 1.52. The third kappa shape index (κ3) is 4.66. The van der Waals surface area contributed by atoms with Gasteiger partial charge in [-0.05, 0) is 61.4 Å². The molecule has 1 aliphatic rings. The van der Waals surface area contributed by atoms with E-state index in [2.05, 4.69) is 12.2 Å². The van der Waals surface area contributed by atoms with Crippen molar-refractivity contribution in [3.8, 4) is 17.2 Å². The lowest BCUT2D eigenvalue weighted by atomic mass is 9.95. The maximum atomic E-state index is 13.5. The van der Waals surface area contributed by atoms with E-state index < -0.39 is 0 Å². The Morgan fingerprint density at radius 2 is 1.79 bits per heavy atom. The van der Waals surface area contributed by atoms with Gasteiger partial charge in [0.25, 0.3) is 5.91 Å². The molecule has 2 aromatic carbocycles. The molecule has 0 saturated carbocycles. The zero-order valence-electron chi connectivity index (χ0n) is 20.1. The Hall–Kier alpha value is -3.32. The molecule has 178 valence electrons. The minimum atomic E-state index is -0.105. The van der Waals surface area contributed by atoms with Crippen LogP contribution >= 0.6 is 11.3 Å². The molecule has 1 heterocycles. The van der Waals surface area contributed by atoms with Gasteiger partial charge in [0, 0.05) is 22.3 Å². The zero-order chi connectivity index (χ0) is 24.1. The lowest BCUT2D eigenvalue weighted by molar-refractivity contribution is 0.102. The third-order valence-corrected chi connectivity index (χ3v) is 7.28.